The van der Waals surface area contributed by atoms with Crippen LogP contribution >= 0.6 is 11.6 Å². The summed E-state index contributed by atoms with van der Waals surface area (Å²) in [4.78, 5) is 0.180. The predicted octanol–water partition coefficient (Wildman–Crippen LogP) is 2.30. The average molecular weight is 299 g/mol. The minimum absolute atomic E-state index is 0.144. The van der Waals surface area contributed by atoms with E-state index >= 15 is 0 Å². The van der Waals surface area contributed by atoms with E-state index in [1.165, 1.54) is 18.2 Å². The van der Waals surface area contributed by atoms with Crippen molar-refractivity contribution >= 4 is 21.6 Å². The maximum absolute atomic E-state index is 12.2. The first-order valence-electron chi connectivity index (χ1n) is 6.11. The second-order valence-corrected chi connectivity index (χ2v) is 7.04. The van der Waals surface area contributed by atoms with Gasteiger partial charge in [-0.1, -0.05) is 6.42 Å². The Morgan fingerprint density at radius 1 is 1.42 bits per heavy atom. The molecular weight excluding hydrogens is 284 g/mol. The Morgan fingerprint density at radius 2 is 2.16 bits per heavy atom. The molecule has 0 bridgehead atoms. The summed E-state index contributed by atoms with van der Waals surface area (Å²) in [5.74, 6) is 0. The van der Waals surface area contributed by atoms with Crippen molar-refractivity contribution in [1.82, 2.24) is 4.72 Å². The second kappa shape index (κ2) is 5.49. The molecule has 1 N–H and O–H groups in total. The molecule has 1 aromatic rings. The van der Waals surface area contributed by atoms with Gasteiger partial charge in [0, 0.05) is 11.4 Å². The Kier molecular flexibility index (Phi) is 4.14. The smallest absolute Gasteiger partial charge is 0.207 e. The molecule has 102 valence electrons. The van der Waals surface area contributed by atoms with Crippen molar-refractivity contribution in [3.8, 4) is 6.07 Å². The molecule has 0 radical (unpaired) electrons. The van der Waals surface area contributed by atoms with Crippen LogP contribution in [0.15, 0.2) is 23.1 Å². The molecule has 4 nitrogen and oxygen atoms in total. The number of hydrogen-bond acceptors (Lipinski definition) is 3. The largest absolute Gasteiger partial charge is 0.240 e. The van der Waals surface area contributed by atoms with E-state index in [1.807, 2.05) is 6.07 Å². The Balaban J connectivity index is 2.25. The van der Waals surface area contributed by atoms with Crippen molar-refractivity contribution in [2.75, 3.05) is 0 Å². The summed E-state index contributed by atoms with van der Waals surface area (Å²) >= 11 is 6.08. The highest BCUT2D eigenvalue weighted by atomic mass is 35.5. The summed E-state index contributed by atoms with van der Waals surface area (Å²) in [6, 6.07) is 6.30. The van der Waals surface area contributed by atoms with Gasteiger partial charge in [-0.15, -0.1) is 11.6 Å². The summed E-state index contributed by atoms with van der Waals surface area (Å²) < 4.78 is 27.1. The van der Waals surface area contributed by atoms with Gasteiger partial charge in [0.15, 0.2) is 0 Å². The normalized spacial score (nSPS) is 23.2. The van der Waals surface area contributed by atoms with Crippen molar-refractivity contribution in [1.29, 1.82) is 5.26 Å². The van der Waals surface area contributed by atoms with Gasteiger partial charge in [-0.2, -0.15) is 5.26 Å². The van der Waals surface area contributed by atoms with Gasteiger partial charge in [0.1, 0.15) is 0 Å². The van der Waals surface area contributed by atoms with Crippen LogP contribution < -0.4 is 4.72 Å². The van der Waals surface area contributed by atoms with Crippen LogP contribution in [0.3, 0.4) is 0 Å². The fraction of sp³-hybridized carbons (Fsp3) is 0.462. The minimum atomic E-state index is -3.57. The van der Waals surface area contributed by atoms with E-state index in [-0.39, 0.29) is 16.3 Å². The highest BCUT2D eigenvalue weighted by Crippen LogP contribution is 2.26. The summed E-state index contributed by atoms with van der Waals surface area (Å²) in [7, 11) is -3.57. The summed E-state index contributed by atoms with van der Waals surface area (Å²) in [5, 5.41) is 8.70. The van der Waals surface area contributed by atoms with Gasteiger partial charge in [0.05, 0.1) is 16.5 Å². The molecule has 0 heterocycles. The van der Waals surface area contributed by atoms with Crippen molar-refractivity contribution in [3.05, 3.63) is 29.3 Å². The lowest BCUT2D eigenvalue weighted by molar-refractivity contribution is 0.553. The number of halogens is 1. The van der Waals surface area contributed by atoms with Gasteiger partial charge in [0.25, 0.3) is 0 Å². The van der Waals surface area contributed by atoms with Crippen LogP contribution in [0.5, 0.6) is 0 Å². The number of alkyl halides is 1. The number of nitrogens with one attached hydrogen (secondary N) is 1. The van der Waals surface area contributed by atoms with E-state index in [2.05, 4.69) is 4.72 Å². The van der Waals surface area contributed by atoms with Gasteiger partial charge in [-0.05, 0) is 43.5 Å². The topological polar surface area (TPSA) is 70.0 Å². The van der Waals surface area contributed by atoms with Gasteiger partial charge >= 0.3 is 0 Å². The molecule has 2 unspecified atom stereocenters. The van der Waals surface area contributed by atoms with Gasteiger partial charge in [0.2, 0.25) is 10.0 Å². The number of hydrogen-bond donors (Lipinski definition) is 1. The monoisotopic (exact) mass is 298 g/mol. The SMILES string of the molecule is Cc1cc(S(=O)(=O)NC2CCCC2Cl)ccc1C#N. The lowest BCUT2D eigenvalue weighted by Gasteiger charge is -2.16. The average Bonchev–Trinajstić information content (AvgIpc) is 2.74. The minimum Gasteiger partial charge on any atom is -0.207 e. The van der Waals surface area contributed by atoms with E-state index in [4.69, 9.17) is 16.9 Å². The third-order valence-electron chi connectivity index (χ3n) is 3.37. The van der Waals surface area contributed by atoms with E-state index in [9.17, 15) is 8.42 Å². The van der Waals surface area contributed by atoms with Crippen LogP contribution in [0.4, 0.5) is 0 Å². The highest BCUT2D eigenvalue weighted by Gasteiger charge is 2.29. The van der Waals surface area contributed by atoms with Gasteiger partial charge in [-0.25, -0.2) is 13.1 Å². The van der Waals surface area contributed by atoms with Crippen LogP contribution in [0.2, 0.25) is 0 Å². The molecule has 0 aliphatic heterocycles. The summed E-state index contributed by atoms with van der Waals surface area (Å²) in [6.07, 6.45) is 2.54. The number of nitriles is 1. The molecule has 1 saturated carbocycles. The van der Waals surface area contributed by atoms with Gasteiger partial charge in [-0.3, -0.25) is 0 Å². The van der Waals surface area contributed by atoms with Crippen LogP contribution in [-0.2, 0) is 10.0 Å². The lowest BCUT2D eigenvalue weighted by Crippen LogP contribution is -2.37. The third-order valence-corrected chi connectivity index (χ3v) is 5.38. The van der Waals surface area contributed by atoms with Gasteiger partial charge < -0.3 is 0 Å². The molecule has 2 atom stereocenters. The second-order valence-electron chi connectivity index (χ2n) is 4.76. The standard InChI is InChI=1S/C13H15ClN2O2S/c1-9-7-11(6-5-10(9)8-15)19(17,18)16-13-4-2-3-12(13)14/h5-7,12-13,16H,2-4H2,1H3. The number of nitrogens with zero attached hydrogens (tertiary/aromatic N) is 1. The molecule has 1 aliphatic rings. The Bertz CT molecular complexity index is 622. The molecule has 1 fully saturated rings. The van der Waals surface area contributed by atoms with Crippen LogP contribution in [0.1, 0.15) is 30.4 Å². The quantitative estimate of drug-likeness (QED) is 0.871. The Hall–Kier alpha value is -1.09. The zero-order chi connectivity index (χ0) is 14.0. The molecule has 0 amide bonds. The van der Waals surface area contributed by atoms with E-state index in [0.29, 0.717) is 11.1 Å². The highest BCUT2D eigenvalue weighted by molar-refractivity contribution is 7.89. The van der Waals surface area contributed by atoms with Crippen molar-refractivity contribution in [2.24, 2.45) is 0 Å². The van der Waals surface area contributed by atoms with E-state index in [0.717, 1.165) is 19.3 Å². The van der Waals surface area contributed by atoms with Crippen LogP contribution in [-0.4, -0.2) is 19.8 Å². The summed E-state index contributed by atoms with van der Waals surface area (Å²) in [6.45, 7) is 1.72. The molecule has 2 rings (SSSR count). The molecule has 1 aromatic carbocycles. The fourth-order valence-corrected chi connectivity index (χ4v) is 4.06. The first-order chi connectivity index (χ1) is 8.94. The van der Waals surface area contributed by atoms with Crippen LogP contribution in [0.25, 0.3) is 0 Å². The molecule has 1 aliphatic carbocycles. The van der Waals surface area contributed by atoms with E-state index < -0.39 is 10.0 Å². The van der Waals surface area contributed by atoms with E-state index in [1.54, 1.807) is 6.92 Å². The Morgan fingerprint density at radius 3 is 2.68 bits per heavy atom. The first kappa shape index (κ1) is 14.3. The maximum Gasteiger partial charge on any atom is 0.240 e. The molecule has 0 saturated heterocycles. The zero-order valence-corrected chi connectivity index (χ0v) is 12.1. The Labute approximate surface area is 118 Å². The zero-order valence-electron chi connectivity index (χ0n) is 10.6. The molecule has 6 heteroatoms. The maximum atomic E-state index is 12.2. The number of rotatable bonds is 3. The molecule has 0 spiro atoms. The number of sulfonamides is 1. The molecule has 0 aromatic heterocycles. The lowest BCUT2D eigenvalue weighted by atomic mass is 10.1. The third kappa shape index (κ3) is 3.08. The molecular formula is C13H15ClN2O2S. The van der Waals surface area contributed by atoms with Crippen molar-refractivity contribution in [2.45, 2.75) is 42.5 Å². The van der Waals surface area contributed by atoms with Crippen LogP contribution in [0, 0.1) is 18.3 Å². The fourth-order valence-electron chi connectivity index (χ4n) is 2.24. The number of aryl methyl sites for hydroxylation is 1. The first-order valence-corrected chi connectivity index (χ1v) is 8.03. The summed E-state index contributed by atoms with van der Waals surface area (Å²) in [5.41, 5.74) is 1.13. The van der Waals surface area contributed by atoms with Crippen molar-refractivity contribution in [3.63, 3.8) is 0 Å². The number of benzene rings is 1. The predicted molar refractivity (Wildman–Crippen MR) is 73.5 cm³/mol. The molecule has 19 heavy (non-hydrogen) atoms. The van der Waals surface area contributed by atoms with Crippen molar-refractivity contribution < 1.29 is 8.42 Å².